The van der Waals surface area contributed by atoms with E-state index in [1.165, 1.54) is 11.3 Å². The van der Waals surface area contributed by atoms with Crippen LogP contribution in [0.1, 0.15) is 27.7 Å². The minimum absolute atomic E-state index is 0.148. The van der Waals surface area contributed by atoms with Gasteiger partial charge >= 0.3 is 0 Å². The molecule has 0 saturated carbocycles. The summed E-state index contributed by atoms with van der Waals surface area (Å²) in [6, 6.07) is 24.9. The van der Waals surface area contributed by atoms with Gasteiger partial charge in [-0.05, 0) is 52.4 Å². The summed E-state index contributed by atoms with van der Waals surface area (Å²) in [5.41, 5.74) is 5.74. The zero-order chi connectivity index (χ0) is 21.6. The molecule has 0 aliphatic heterocycles. The summed E-state index contributed by atoms with van der Waals surface area (Å²) in [6.45, 7) is 1.82. The summed E-state index contributed by atoms with van der Waals surface area (Å²) in [6.07, 6.45) is 0.245. The van der Waals surface area contributed by atoms with Gasteiger partial charge in [0.15, 0.2) is 0 Å². The van der Waals surface area contributed by atoms with E-state index in [9.17, 15) is 9.59 Å². The van der Waals surface area contributed by atoms with Crippen LogP contribution in [0, 0.1) is 0 Å². The van der Waals surface area contributed by atoms with Crippen molar-refractivity contribution in [1.29, 1.82) is 0 Å². The lowest BCUT2D eigenvalue weighted by atomic mass is 10.0. The van der Waals surface area contributed by atoms with Crippen LogP contribution in [0.3, 0.4) is 0 Å². The van der Waals surface area contributed by atoms with Gasteiger partial charge in [-0.15, -0.1) is 11.3 Å². The normalized spacial score (nSPS) is 11.3. The molecule has 0 radical (unpaired) electrons. The van der Waals surface area contributed by atoms with Gasteiger partial charge in [0.05, 0.1) is 17.0 Å². The Hall–Kier alpha value is -3.77. The molecular weight excluding hydrogens is 406 g/mol. The number of amides is 2. The van der Waals surface area contributed by atoms with Gasteiger partial charge in [-0.2, -0.15) is 5.10 Å². The second-order valence-electron chi connectivity index (χ2n) is 7.06. The van der Waals surface area contributed by atoms with Gasteiger partial charge in [0, 0.05) is 5.69 Å². The molecule has 1 aromatic heterocycles. The third-order valence-electron chi connectivity index (χ3n) is 4.86. The molecule has 4 aromatic rings. The van der Waals surface area contributed by atoms with Crippen LogP contribution in [-0.2, 0) is 11.2 Å². The van der Waals surface area contributed by atoms with Crippen molar-refractivity contribution in [2.75, 3.05) is 5.32 Å². The monoisotopic (exact) mass is 427 g/mol. The standard InChI is InChI=1S/C25H21N3O2S/c1-17(19-9-5-11-21(15-19)26-25(30)23-13-6-14-31-23)27-28-24(29)16-20-10-4-8-18-7-2-3-12-22(18)20/h2-15H,16H2,1H3,(H,26,30)(H,28,29). The van der Waals surface area contributed by atoms with Gasteiger partial charge in [0.1, 0.15) is 0 Å². The highest BCUT2D eigenvalue weighted by Crippen LogP contribution is 2.19. The molecule has 0 saturated heterocycles. The molecule has 5 nitrogen and oxygen atoms in total. The summed E-state index contributed by atoms with van der Waals surface area (Å²) < 4.78 is 0. The summed E-state index contributed by atoms with van der Waals surface area (Å²) in [5, 5.41) is 11.2. The highest BCUT2D eigenvalue weighted by atomic mass is 32.1. The number of fused-ring (bicyclic) bond motifs is 1. The smallest absolute Gasteiger partial charge is 0.265 e. The topological polar surface area (TPSA) is 70.6 Å². The molecule has 6 heteroatoms. The Kier molecular flexibility index (Phi) is 6.19. The summed E-state index contributed by atoms with van der Waals surface area (Å²) in [7, 11) is 0. The molecule has 4 rings (SSSR count). The molecule has 2 N–H and O–H groups in total. The molecule has 0 aliphatic rings. The maximum absolute atomic E-state index is 12.5. The average molecular weight is 428 g/mol. The number of carbonyl (C=O) groups is 2. The van der Waals surface area contributed by atoms with E-state index in [-0.39, 0.29) is 18.2 Å². The third-order valence-corrected chi connectivity index (χ3v) is 5.73. The number of anilines is 1. The Labute approximate surface area is 184 Å². The lowest BCUT2D eigenvalue weighted by molar-refractivity contribution is -0.120. The van der Waals surface area contributed by atoms with E-state index in [0.717, 1.165) is 21.9 Å². The number of benzene rings is 3. The Bertz CT molecular complexity index is 1260. The Morgan fingerprint density at radius 2 is 1.74 bits per heavy atom. The minimum atomic E-state index is -0.183. The molecule has 154 valence electrons. The zero-order valence-electron chi connectivity index (χ0n) is 17.0. The number of hydrogen-bond donors (Lipinski definition) is 2. The van der Waals surface area contributed by atoms with Crippen molar-refractivity contribution in [3.8, 4) is 0 Å². The highest BCUT2D eigenvalue weighted by Gasteiger charge is 2.09. The maximum Gasteiger partial charge on any atom is 0.265 e. The molecule has 0 aliphatic carbocycles. The summed E-state index contributed by atoms with van der Waals surface area (Å²) in [5.74, 6) is -0.331. The van der Waals surface area contributed by atoms with Crippen LogP contribution in [-0.4, -0.2) is 17.5 Å². The van der Waals surface area contributed by atoms with Crippen molar-refractivity contribution in [2.45, 2.75) is 13.3 Å². The number of rotatable bonds is 6. The van der Waals surface area contributed by atoms with E-state index in [1.807, 2.05) is 85.1 Å². The number of nitrogens with one attached hydrogen (secondary N) is 2. The molecular formula is C25H21N3O2S. The van der Waals surface area contributed by atoms with Gasteiger partial charge in [0.2, 0.25) is 5.91 Å². The van der Waals surface area contributed by atoms with E-state index in [1.54, 1.807) is 6.07 Å². The van der Waals surface area contributed by atoms with Crippen LogP contribution in [0.15, 0.2) is 89.3 Å². The fourth-order valence-corrected chi connectivity index (χ4v) is 3.91. The van der Waals surface area contributed by atoms with E-state index in [2.05, 4.69) is 15.8 Å². The van der Waals surface area contributed by atoms with Crippen molar-refractivity contribution < 1.29 is 9.59 Å². The largest absolute Gasteiger partial charge is 0.321 e. The van der Waals surface area contributed by atoms with Crippen LogP contribution in [0.4, 0.5) is 5.69 Å². The molecule has 0 bridgehead atoms. The summed E-state index contributed by atoms with van der Waals surface area (Å²) in [4.78, 5) is 25.4. The first kappa shape index (κ1) is 20.5. The number of hydrogen-bond acceptors (Lipinski definition) is 4. The van der Waals surface area contributed by atoms with Crippen molar-refractivity contribution in [3.63, 3.8) is 0 Å². The van der Waals surface area contributed by atoms with Crippen LogP contribution >= 0.6 is 11.3 Å². The van der Waals surface area contributed by atoms with Crippen LogP contribution in [0.5, 0.6) is 0 Å². The Morgan fingerprint density at radius 1 is 0.935 bits per heavy atom. The quantitative estimate of drug-likeness (QED) is 0.326. The molecule has 31 heavy (non-hydrogen) atoms. The SMILES string of the molecule is CC(=NNC(=O)Cc1cccc2ccccc12)c1cccc(NC(=O)c2cccs2)c1. The summed E-state index contributed by atoms with van der Waals surface area (Å²) >= 11 is 1.39. The van der Waals surface area contributed by atoms with E-state index < -0.39 is 0 Å². The number of nitrogens with zero attached hydrogens (tertiary/aromatic N) is 1. The first-order chi connectivity index (χ1) is 15.1. The third kappa shape index (κ3) is 5.05. The second kappa shape index (κ2) is 9.36. The van der Waals surface area contributed by atoms with Crippen molar-refractivity contribution in [2.24, 2.45) is 5.10 Å². The molecule has 2 amide bonds. The molecule has 3 aromatic carbocycles. The second-order valence-corrected chi connectivity index (χ2v) is 8.01. The first-order valence-electron chi connectivity index (χ1n) is 9.85. The first-order valence-corrected chi connectivity index (χ1v) is 10.7. The molecule has 0 unspecified atom stereocenters. The lowest BCUT2D eigenvalue weighted by Gasteiger charge is -2.08. The zero-order valence-corrected chi connectivity index (χ0v) is 17.8. The molecule has 0 spiro atoms. The van der Waals surface area contributed by atoms with E-state index >= 15 is 0 Å². The van der Waals surface area contributed by atoms with Gasteiger partial charge in [-0.3, -0.25) is 9.59 Å². The number of hydrazone groups is 1. The number of carbonyl (C=O) groups excluding carboxylic acids is 2. The average Bonchev–Trinajstić information content (AvgIpc) is 3.33. The van der Waals surface area contributed by atoms with Crippen molar-refractivity contribution in [3.05, 3.63) is 100 Å². The Morgan fingerprint density at radius 3 is 2.58 bits per heavy atom. The van der Waals surface area contributed by atoms with Gasteiger partial charge in [0.25, 0.3) is 5.91 Å². The fourth-order valence-electron chi connectivity index (χ4n) is 3.29. The van der Waals surface area contributed by atoms with E-state index in [4.69, 9.17) is 0 Å². The van der Waals surface area contributed by atoms with E-state index in [0.29, 0.717) is 16.3 Å². The lowest BCUT2D eigenvalue weighted by Crippen LogP contribution is -2.21. The maximum atomic E-state index is 12.5. The number of thiophene rings is 1. The van der Waals surface area contributed by atoms with Crippen molar-refractivity contribution >= 4 is 45.3 Å². The minimum Gasteiger partial charge on any atom is -0.321 e. The fraction of sp³-hybridized carbons (Fsp3) is 0.0800. The molecule has 0 fully saturated rings. The predicted octanol–water partition coefficient (Wildman–Crippen LogP) is 5.24. The van der Waals surface area contributed by atoms with Crippen LogP contribution in [0.25, 0.3) is 10.8 Å². The Balaban J connectivity index is 1.42. The van der Waals surface area contributed by atoms with Crippen LogP contribution < -0.4 is 10.7 Å². The van der Waals surface area contributed by atoms with Gasteiger partial charge in [-0.1, -0.05) is 60.7 Å². The van der Waals surface area contributed by atoms with Crippen molar-refractivity contribution in [1.82, 2.24) is 5.43 Å². The molecule has 0 atom stereocenters. The highest BCUT2D eigenvalue weighted by molar-refractivity contribution is 7.12. The van der Waals surface area contributed by atoms with Crippen LogP contribution in [0.2, 0.25) is 0 Å². The predicted molar refractivity (Wildman–Crippen MR) is 127 cm³/mol. The molecule has 1 heterocycles. The van der Waals surface area contributed by atoms with Gasteiger partial charge in [-0.25, -0.2) is 5.43 Å². The van der Waals surface area contributed by atoms with Gasteiger partial charge < -0.3 is 5.32 Å².